The van der Waals surface area contributed by atoms with Crippen LogP contribution in [0.5, 0.6) is 0 Å². The first-order valence-electron chi connectivity index (χ1n) is 11.9. The molecule has 3 saturated carbocycles. The summed E-state index contributed by atoms with van der Waals surface area (Å²) in [5.74, 6) is 2.57. The van der Waals surface area contributed by atoms with Crippen molar-refractivity contribution in [1.29, 1.82) is 0 Å². The van der Waals surface area contributed by atoms with E-state index in [1.807, 2.05) is 13.0 Å². The Hall–Kier alpha value is -1.50. The zero-order valence-corrected chi connectivity index (χ0v) is 20.2. The smallest absolute Gasteiger partial charge is 0.294 e. The van der Waals surface area contributed by atoms with E-state index in [0.29, 0.717) is 11.7 Å². The molecule has 32 heavy (non-hydrogen) atoms. The van der Waals surface area contributed by atoms with Crippen molar-refractivity contribution >= 4 is 15.9 Å². The molecule has 6 atom stereocenters. The molecule has 0 unspecified atom stereocenters. The molecule has 6 heteroatoms. The van der Waals surface area contributed by atoms with Gasteiger partial charge in [0.05, 0.1) is 11.0 Å². The van der Waals surface area contributed by atoms with Gasteiger partial charge in [-0.3, -0.25) is 9.35 Å². The van der Waals surface area contributed by atoms with Crippen LogP contribution in [0.2, 0.25) is 0 Å². The summed E-state index contributed by atoms with van der Waals surface area (Å²) in [6.07, 6.45) is 10.7. The van der Waals surface area contributed by atoms with Crippen LogP contribution in [0.25, 0.3) is 0 Å². The summed E-state index contributed by atoms with van der Waals surface area (Å²) < 4.78 is 29.6. The van der Waals surface area contributed by atoms with Crippen molar-refractivity contribution in [2.24, 2.45) is 28.6 Å². The second-order valence-corrected chi connectivity index (χ2v) is 12.3. The number of aliphatic hydroxyl groups is 1. The molecule has 2 N–H and O–H groups in total. The third-order valence-corrected chi connectivity index (χ3v) is 10.1. The van der Waals surface area contributed by atoms with Gasteiger partial charge in [0, 0.05) is 6.42 Å². The van der Waals surface area contributed by atoms with Crippen molar-refractivity contribution in [3.8, 4) is 0 Å². The second-order valence-electron chi connectivity index (χ2n) is 10.9. The summed E-state index contributed by atoms with van der Waals surface area (Å²) in [6, 6.07) is 5.99. The van der Waals surface area contributed by atoms with E-state index in [1.54, 1.807) is 12.1 Å². The van der Waals surface area contributed by atoms with Gasteiger partial charge in [-0.05, 0) is 98.7 Å². The van der Waals surface area contributed by atoms with Crippen LogP contribution >= 0.6 is 0 Å². The summed E-state index contributed by atoms with van der Waals surface area (Å²) in [4.78, 5) is 11.7. The summed E-state index contributed by atoms with van der Waals surface area (Å²) in [5, 5.41) is 10.4. The van der Waals surface area contributed by atoms with E-state index in [2.05, 4.69) is 13.8 Å². The lowest BCUT2D eigenvalue weighted by Gasteiger charge is -2.57. The van der Waals surface area contributed by atoms with Gasteiger partial charge in [0.25, 0.3) is 10.1 Å². The first-order chi connectivity index (χ1) is 14.9. The van der Waals surface area contributed by atoms with Gasteiger partial charge < -0.3 is 5.11 Å². The van der Waals surface area contributed by atoms with E-state index in [9.17, 15) is 18.3 Å². The Labute approximate surface area is 192 Å². The Morgan fingerprint density at radius 1 is 0.938 bits per heavy atom. The number of hydrogen-bond donors (Lipinski definition) is 2. The molecular formula is C26H36O5S. The fourth-order valence-corrected chi connectivity index (χ4v) is 7.72. The number of fused-ring (bicyclic) bond motifs is 5. The molecule has 0 spiro atoms. The standard InChI is InChI=1S/C19H28O2.C7H8O3S/c1-18-9-7-13(20)11-12(18)3-4-14-15-5-6-17(21)19(15,2)10-8-16(14)18;1-6-2-4-7(5-3-6)11(8,9)10/h11,14-17,21H,3-10H2,1-2H3;2-5H,1H3,(H,8,9,10)/t14-,15-,16-,17-,18-,19-;/m0./s1. The van der Waals surface area contributed by atoms with E-state index >= 15 is 0 Å². The predicted octanol–water partition coefficient (Wildman–Crippen LogP) is 5.12. The maximum atomic E-state index is 11.8. The number of aliphatic hydroxyl groups excluding tert-OH is 1. The average molecular weight is 461 g/mol. The molecule has 1 aromatic carbocycles. The highest BCUT2D eigenvalue weighted by Crippen LogP contribution is 2.65. The molecule has 3 fully saturated rings. The van der Waals surface area contributed by atoms with Gasteiger partial charge in [-0.2, -0.15) is 8.42 Å². The number of rotatable bonds is 1. The molecule has 176 valence electrons. The maximum absolute atomic E-state index is 11.8. The molecule has 1 aromatic rings. The lowest BCUT2D eigenvalue weighted by molar-refractivity contribution is -0.118. The summed E-state index contributed by atoms with van der Waals surface area (Å²) in [5.41, 5.74) is 2.84. The van der Waals surface area contributed by atoms with Gasteiger partial charge in [0.15, 0.2) is 5.78 Å². The Morgan fingerprint density at radius 3 is 2.28 bits per heavy atom. The van der Waals surface area contributed by atoms with Crippen LogP contribution < -0.4 is 0 Å². The first-order valence-corrected chi connectivity index (χ1v) is 13.4. The van der Waals surface area contributed by atoms with Crippen LogP contribution in [-0.2, 0) is 14.9 Å². The number of aryl methyl sites for hydroxylation is 1. The van der Waals surface area contributed by atoms with E-state index in [1.165, 1.54) is 43.4 Å². The number of allylic oxidation sites excluding steroid dienone is 1. The summed E-state index contributed by atoms with van der Waals surface area (Å²) in [6.45, 7) is 6.60. The molecule has 0 amide bonds. The minimum atomic E-state index is -4.02. The first kappa shape index (κ1) is 23.7. The summed E-state index contributed by atoms with van der Waals surface area (Å²) >= 11 is 0. The number of ketones is 1. The fourth-order valence-electron chi connectivity index (χ4n) is 7.24. The highest BCUT2D eigenvalue weighted by atomic mass is 32.2. The topological polar surface area (TPSA) is 91.7 Å². The number of carbonyl (C=O) groups is 1. The van der Waals surface area contributed by atoms with Gasteiger partial charge in [-0.15, -0.1) is 0 Å². The highest BCUT2D eigenvalue weighted by molar-refractivity contribution is 7.85. The van der Waals surface area contributed by atoms with E-state index in [0.717, 1.165) is 43.1 Å². The normalized spacial score (nSPS) is 38.5. The molecule has 5 rings (SSSR count). The van der Waals surface area contributed by atoms with Crippen molar-refractivity contribution in [3.05, 3.63) is 41.5 Å². The van der Waals surface area contributed by atoms with Crippen molar-refractivity contribution in [2.45, 2.75) is 83.1 Å². The van der Waals surface area contributed by atoms with Gasteiger partial charge in [0.2, 0.25) is 0 Å². The van der Waals surface area contributed by atoms with Crippen LogP contribution in [-0.4, -0.2) is 30.0 Å². The monoisotopic (exact) mass is 460 g/mol. The lowest BCUT2D eigenvalue weighted by Crippen LogP contribution is -2.51. The van der Waals surface area contributed by atoms with Gasteiger partial charge in [-0.25, -0.2) is 0 Å². The van der Waals surface area contributed by atoms with Gasteiger partial charge in [-0.1, -0.05) is 37.1 Å². The van der Waals surface area contributed by atoms with Crippen LogP contribution in [0.4, 0.5) is 0 Å². The molecule has 0 bridgehead atoms. The van der Waals surface area contributed by atoms with Crippen molar-refractivity contribution in [2.75, 3.05) is 0 Å². The minimum Gasteiger partial charge on any atom is -0.393 e. The molecule has 0 saturated heterocycles. The molecule has 0 aliphatic heterocycles. The number of hydrogen-bond acceptors (Lipinski definition) is 4. The molecule has 4 aliphatic carbocycles. The average Bonchev–Trinajstić information content (AvgIpc) is 3.03. The predicted molar refractivity (Wildman–Crippen MR) is 124 cm³/mol. The quantitative estimate of drug-likeness (QED) is 0.568. The minimum absolute atomic E-state index is 0.0666. The number of benzene rings is 1. The molecular weight excluding hydrogens is 424 g/mol. The van der Waals surface area contributed by atoms with Gasteiger partial charge >= 0.3 is 0 Å². The van der Waals surface area contributed by atoms with E-state index in [-0.39, 0.29) is 21.8 Å². The van der Waals surface area contributed by atoms with Crippen LogP contribution in [0.15, 0.2) is 40.8 Å². The Kier molecular flexibility index (Phi) is 6.19. The van der Waals surface area contributed by atoms with Crippen molar-refractivity contribution in [1.82, 2.24) is 0 Å². The van der Waals surface area contributed by atoms with E-state index < -0.39 is 10.1 Å². The van der Waals surface area contributed by atoms with Crippen molar-refractivity contribution in [3.63, 3.8) is 0 Å². The largest absolute Gasteiger partial charge is 0.393 e. The third kappa shape index (κ3) is 4.10. The van der Waals surface area contributed by atoms with Crippen LogP contribution in [0.1, 0.15) is 70.8 Å². The third-order valence-electron chi connectivity index (χ3n) is 9.23. The van der Waals surface area contributed by atoms with Crippen LogP contribution in [0, 0.1) is 35.5 Å². The Balaban J connectivity index is 0.000000189. The molecule has 0 radical (unpaired) electrons. The fraction of sp³-hybridized carbons (Fsp3) is 0.654. The highest BCUT2D eigenvalue weighted by Gasteiger charge is 2.58. The zero-order valence-electron chi connectivity index (χ0n) is 19.4. The van der Waals surface area contributed by atoms with Crippen molar-refractivity contribution < 1.29 is 22.9 Å². The molecule has 4 aliphatic rings. The Morgan fingerprint density at radius 2 is 1.62 bits per heavy atom. The molecule has 5 nitrogen and oxygen atoms in total. The van der Waals surface area contributed by atoms with Gasteiger partial charge in [0.1, 0.15) is 0 Å². The maximum Gasteiger partial charge on any atom is 0.294 e. The molecule has 0 aromatic heterocycles. The van der Waals surface area contributed by atoms with E-state index in [4.69, 9.17) is 4.55 Å². The summed E-state index contributed by atoms with van der Waals surface area (Å²) in [7, 11) is -4.02. The number of carbonyl (C=O) groups excluding carboxylic acids is 1. The zero-order chi connectivity index (χ0) is 23.3. The van der Waals surface area contributed by atoms with Crippen LogP contribution in [0.3, 0.4) is 0 Å². The lowest BCUT2D eigenvalue weighted by atomic mass is 9.47. The Bertz CT molecular complexity index is 1010. The SMILES string of the molecule is C[C@]12CC[C@H]3[C@@H](CCC4=CC(=O)CC[C@@]43C)[C@@H]1CC[C@@H]2O.Cc1ccc(S(=O)(=O)O)cc1. The molecule has 0 heterocycles. The second kappa shape index (κ2) is 8.37.